The lowest BCUT2D eigenvalue weighted by atomic mass is 9.95. The number of halogens is 3. The number of carbonyl (C=O) groups is 2. The van der Waals surface area contributed by atoms with E-state index in [1.807, 2.05) is 31.5 Å². The molecule has 0 aliphatic carbocycles. The van der Waals surface area contributed by atoms with E-state index in [2.05, 4.69) is 4.99 Å². The molecule has 37 heavy (non-hydrogen) atoms. The average molecular weight is 542 g/mol. The molecule has 4 rings (SSSR count). The highest BCUT2D eigenvalue weighted by atomic mass is 32.1. The van der Waals surface area contributed by atoms with Gasteiger partial charge in [0.05, 0.1) is 30.3 Å². The summed E-state index contributed by atoms with van der Waals surface area (Å²) >= 11 is 1.31. The van der Waals surface area contributed by atoms with Gasteiger partial charge in [-0.25, -0.2) is 4.79 Å². The van der Waals surface area contributed by atoms with Crippen LogP contribution in [-0.2, 0) is 22.9 Å². The van der Waals surface area contributed by atoms with E-state index in [0.717, 1.165) is 40.8 Å². The van der Waals surface area contributed by atoms with Gasteiger partial charge in [0.25, 0.3) is 5.91 Å². The van der Waals surface area contributed by atoms with E-state index in [-0.39, 0.29) is 35.9 Å². The first-order chi connectivity index (χ1) is 17.3. The van der Waals surface area contributed by atoms with E-state index in [4.69, 9.17) is 9.47 Å². The van der Waals surface area contributed by atoms with Gasteiger partial charge in [0.1, 0.15) is 11.9 Å². The van der Waals surface area contributed by atoms with Gasteiger partial charge in [0.2, 0.25) is 0 Å². The predicted octanol–water partition coefficient (Wildman–Crippen LogP) is 4.92. The minimum absolute atomic E-state index is 0.0246. The maximum absolute atomic E-state index is 13.5. The van der Waals surface area contributed by atoms with Crippen LogP contribution in [0, 0.1) is 0 Å². The first-order valence-corrected chi connectivity index (χ1v) is 12.9. The topological polar surface area (TPSA) is 93.4 Å². The summed E-state index contributed by atoms with van der Waals surface area (Å²) in [5, 5.41) is 9.18. The molecular weight excluding hydrogens is 511 g/mol. The Morgan fingerprint density at radius 1 is 1.24 bits per heavy atom. The lowest BCUT2D eigenvalue weighted by molar-refractivity contribution is -0.137. The third kappa shape index (κ3) is 6.53. The first-order valence-electron chi connectivity index (χ1n) is 12.1. The number of carboxylic acid groups (broad SMARTS) is 1. The predicted molar refractivity (Wildman–Crippen MR) is 130 cm³/mol. The molecule has 2 fully saturated rings. The smallest absolute Gasteiger partial charge is 0.416 e. The molecule has 2 atom stereocenters. The zero-order chi connectivity index (χ0) is 27.0. The second kappa shape index (κ2) is 10.5. The Labute approximate surface area is 216 Å². The number of ether oxygens (including phenoxy) is 2. The summed E-state index contributed by atoms with van der Waals surface area (Å²) in [4.78, 5) is 31.3. The zero-order valence-corrected chi connectivity index (χ0v) is 21.7. The number of nitrogens with zero attached hydrogens (tertiary/aromatic N) is 3. The molecule has 0 unspecified atom stereocenters. The van der Waals surface area contributed by atoms with Crippen LogP contribution < -0.4 is 9.54 Å². The monoisotopic (exact) mass is 541 g/mol. The molecule has 202 valence electrons. The van der Waals surface area contributed by atoms with Crippen molar-refractivity contribution in [1.29, 1.82) is 0 Å². The lowest BCUT2D eigenvalue weighted by Crippen LogP contribution is -2.29. The number of carbonyl (C=O) groups excluding carboxylic acids is 1. The van der Waals surface area contributed by atoms with Gasteiger partial charge in [-0.15, -0.1) is 11.3 Å². The van der Waals surface area contributed by atoms with Crippen molar-refractivity contribution in [2.75, 3.05) is 19.7 Å². The number of aromatic nitrogens is 1. The molecule has 8 nitrogen and oxygen atoms in total. The maximum Gasteiger partial charge on any atom is 0.416 e. The number of hydrogen-bond donors (Lipinski definition) is 1. The number of rotatable bonds is 5. The van der Waals surface area contributed by atoms with Gasteiger partial charge in [-0.1, -0.05) is 20.8 Å². The van der Waals surface area contributed by atoms with Gasteiger partial charge in [-0.3, -0.25) is 4.79 Å². The Morgan fingerprint density at radius 3 is 2.59 bits per heavy atom. The van der Waals surface area contributed by atoms with Crippen molar-refractivity contribution in [3.63, 3.8) is 0 Å². The first kappa shape index (κ1) is 27.2. The molecule has 12 heteroatoms. The van der Waals surface area contributed by atoms with Gasteiger partial charge in [-0.2, -0.15) is 18.2 Å². The summed E-state index contributed by atoms with van der Waals surface area (Å²) in [6, 6.07) is 2.69. The fourth-order valence-electron chi connectivity index (χ4n) is 4.25. The molecule has 2 aliphatic heterocycles. The molecular formula is C25H30F3N3O5S. The normalized spacial score (nSPS) is 21.0. The van der Waals surface area contributed by atoms with E-state index in [1.165, 1.54) is 11.3 Å². The molecule has 1 N–H and O–H groups in total. The largest absolute Gasteiger partial charge is 0.488 e. The Balaban J connectivity index is 1.71. The molecule has 2 saturated heterocycles. The molecule has 3 heterocycles. The van der Waals surface area contributed by atoms with E-state index in [9.17, 15) is 27.9 Å². The van der Waals surface area contributed by atoms with Crippen LogP contribution in [0.3, 0.4) is 0 Å². The van der Waals surface area contributed by atoms with Crippen molar-refractivity contribution in [2.24, 2.45) is 4.99 Å². The molecule has 0 radical (unpaired) electrons. The number of likely N-dealkylation sites (tertiary alicyclic amines) is 1. The minimum Gasteiger partial charge on any atom is -0.488 e. The lowest BCUT2D eigenvalue weighted by Gasteiger charge is -2.17. The number of amides is 2. The summed E-state index contributed by atoms with van der Waals surface area (Å²) in [5.41, 5.74) is -1.54. The number of benzene rings is 1. The Morgan fingerprint density at radius 2 is 2.00 bits per heavy atom. The molecule has 0 spiro atoms. The van der Waals surface area contributed by atoms with Crippen LogP contribution in [0.1, 0.15) is 60.8 Å². The summed E-state index contributed by atoms with van der Waals surface area (Å²) in [6.07, 6.45) is -2.28. The van der Waals surface area contributed by atoms with Crippen LogP contribution in [0.2, 0.25) is 0 Å². The van der Waals surface area contributed by atoms with Crippen LogP contribution in [0.25, 0.3) is 0 Å². The Bertz CT molecular complexity index is 1230. The fraction of sp³-hybridized carbons (Fsp3) is 0.560. The summed E-state index contributed by atoms with van der Waals surface area (Å²) in [5.74, 6) is -0.921. The summed E-state index contributed by atoms with van der Waals surface area (Å²) in [6.45, 7) is 7.53. The SMILES string of the molecule is CC(C)(C)c1cn(C[C@H]2CCCO2)c(=NC(=O)c2cc(C(F)(F)F)ccc2O[C@@H]2CCN(C(=O)O)C2)s1. The fourth-order valence-corrected chi connectivity index (χ4v) is 5.31. The second-order valence-corrected chi connectivity index (χ2v) is 11.3. The highest BCUT2D eigenvalue weighted by molar-refractivity contribution is 7.09. The van der Waals surface area contributed by atoms with Crippen molar-refractivity contribution >= 4 is 23.3 Å². The molecule has 2 amide bonds. The molecule has 0 saturated carbocycles. The molecule has 0 bridgehead atoms. The highest BCUT2D eigenvalue weighted by Crippen LogP contribution is 2.34. The van der Waals surface area contributed by atoms with Crippen molar-refractivity contribution in [3.05, 3.63) is 45.2 Å². The van der Waals surface area contributed by atoms with Crippen molar-refractivity contribution < 1.29 is 37.3 Å². The van der Waals surface area contributed by atoms with E-state index < -0.39 is 29.8 Å². The van der Waals surface area contributed by atoms with Crippen LogP contribution in [0.5, 0.6) is 5.75 Å². The van der Waals surface area contributed by atoms with E-state index >= 15 is 0 Å². The van der Waals surface area contributed by atoms with Crippen LogP contribution in [0.15, 0.2) is 29.4 Å². The van der Waals surface area contributed by atoms with E-state index in [1.54, 1.807) is 0 Å². The molecule has 1 aromatic heterocycles. The van der Waals surface area contributed by atoms with Gasteiger partial charge < -0.3 is 24.0 Å². The third-order valence-corrected chi connectivity index (χ3v) is 7.77. The van der Waals surface area contributed by atoms with Crippen molar-refractivity contribution in [1.82, 2.24) is 9.47 Å². The Hall–Kier alpha value is -2.86. The van der Waals surface area contributed by atoms with Gasteiger partial charge >= 0.3 is 12.3 Å². The molecule has 2 aromatic rings. The number of alkyl halides is 3. The van der Waals surface area contributed by atoms with Crippen molar-refractivity contribution in [3.8, 4) is 5.75 Å². The Kier molecular flexibility index (Phi) is 7.70. The van der Waals surface area contributed by atoms with Crippen LogP contribution in [-0.4, -0.2) is 58.5 Å². The van der Waals surface area contributed by atoms with E-state index in [0.29, 0.717) is 24.4 Å². The van der Waals surface area contributed by atoms with Gasteiger partial charge in [0, 0.05) is 30.6 Å². The molecule has 1 aromatic carbocycles. The quantitative estimate of drug-likeness (QED) is 0.580. The number of thiazole rings is 1. The summed E-state index contributed by atoms with van der Waals surface area (Å²) < 4.78 is 53.9. The standard InChI is InChI=1S/C25H30F3N3O5S/c1-24(2,3)20-14-31(12-16-5-4-10-35-16)22(37-20)29-21(32)18-11-15(25(26,27)28)6-7-19(18)36-17-8-9-30(13-17)23(33)34/h6-7,11,14,16-17H,4-5,8-10,12-13H2,1-3H3,(H,33,34)/t16-,17-/m1/s1. The average Bonchev–Trinajstić information content (AvgIpc) is 3.55. The zero-order valence-electron chi connectivity index (χ0n) is 20.9. The van der Waals surface area contributed by atoms with Crippen LogP contribution in [0.4, 0.5) is 18.0 Å². The maximum atomic E-state index is 13.5. The molecule has 2 aliphatic rings. The van der Waals surface area contributed by atoms with Crippen molar-refractivity contribution in [2.45, 2.75) is 70.4 Å². The second-order valence-electron chi connectivity index (χ2n) is 10.3. The highest BCUT2D eigenvalue weighted by Gasteiger charge is 2.33. The van der Waals surface area contributed by atoms with Gasteiger partial charge in [-0.05, 0) is 36.5 Å². The number of hydrogen-bond acceptors (Lipinski definition) is 5. The third-order valence-electron chi connectivity index (χ3n) is 6.33. The summed E-state index contributed by atoms with van der Waals surface area (Å²) in [7, 11) is 0. The minimum atomic E-state index is -4.66. The van der Waals surface area contributed by atoms with Crippen LogP contribution >= 0.6 is 11.3 Å². The van der Waals surface area contributed by atoms with Gasteiger partial charge in [0.15, 0.2) is 4.80 Å².